The van der Waals surface area contributed by atoms with Gasteiger partial charge in [0.15, 0.2) is 5.13 Å². The standard InChI is InChI=1S/C33H44N12O3S/c1-5-45(26-8-7-24(34)30(41-26)29(35)22-6-9-27(38-16-22)48-21(2)3)32(47)23-10-11-42(18-23)19-28(46)43-12-14-44(15-13-43)33-39-17-25(49-33)31(36)40-20-37-4/h6-9,16-17,20-21,23,35H,5,10-15,18-19,34H2,1-4H3,(H2,36,37,40)/p+1/t23-/m1/s1. The van der Waals surface area contributed by atoms with Crippen molar-refractivity contribution < 1.29 is 19.3 Å². The number of piperazine rings is 1. The highest BCUT2D eigenvalue weighted by Gasteiger charge is 2.34. The molecule has 1 atom stereocenters. The number of hydrogen-bond donors (Lipinski definition) is 4. The zero-order valence-electron chi connectivity index (χ0n) is 28.4. The third kappa shape index (κ3) is 8.56. The molecule has 16 heteroatoms. The third-order valence-corrected chi connectivity index (χ3v) is 9.43. The van der Waals surface area contributed by atoms with Gasteiger partial charge in [0.2, 0.25) is 17.7 Å². The van der Waals surface area contributed by atoms with Crippen molar-refractivity contribution in [2.24, 2.45) is 16.6 Å². The second-order valence-corrected chi connectivity index (χ2v) is 13.2. The maximum atomic E-state index is 13.8. The van der Waals surface area contributed by atoms with Gasteiger partial charge in [-0.3, -0.25) is 29.8 Å². The van der Waals surface area contributed by atoms with Crippen LogP contribution in [-0.2, 0) is 9.59 Å². The minimum atomic E-state index is -0.273. The molecular formula is C33H45N12O3S+. The van der Waals surface area contributed by atoms with Gasteiger partial charge >= 0.3 is 0 Å². The van der Waals surface area contributed by atoms with Crippen molar-refractivity contribution in [1.82, 2.24) is 24.8 Å². The zero-order valence-corrected chi connectivity index (χ0v) is 29.2. The predicted molar refractivity (Wildman–Crippen MR) is 192 cm³/mol. The average Bonchev–Trinajstić information content (AvgIpc) is 3.79. The van der Waals surface area contributed by atoms with Gasteiger partial charge in [-0.2, -0.15) is 0 Å². The summed E-state index contributed by atoms with van der Waals surface area (Å²) >= 11 is 1.48. The highest BCUT2D eigenvalue weighted by Crippen LogP contribution is 2.26. The SMILES string of the molecule is CCN(C(=O)[C@@H]1CCN(CC(=O)N2CCN(c3ncc(C(N)=NC=[NH+]C)s3)CC2)C1)c1ccc(N)c(C(=N)c2ccc(OC(C)C)nc2)n1. The molecule has 0 radical (unpaired) electrons. The number of nitrogens with one attached hydrogen (secondary N) is 2. The van der Waals surface area contributed by atoms with Gasteiger partial charge in [-0.15, -0.1) is 0 Å². The molecule has 0 spiro atoms. The lowest BCUT2D eigenvalue weighted by Crippen LogP contribution is -2.62. The van der Waals surface area contributed by atoms with E-state index in [1.807, 2.05) is 25.7 Å². The lowest BCUT2D eigenvalue weighted by Gasteiger charge is -2.35. The quantitative estimate of drug-likeness (QED) is 0.150. The van der Waals surface area contributed by atoms with Gasteiger partial charge in [-0.1, -0.05) is 11.3 Å². The molecule has 15 nitrogen and oxygen atoms in total. The fourth-order valence-electron chi connectivity index (χ4n) is 5.78. The number of nitrogens with zero attached hydrogens (tertiary/aromatic N) is 8. The van der Waals surface area contributed by atoms with Crippen molar-refractivity contribution in [2.45, 2.75) is 33.3 Å². The minimum Gasteiger partial charge on any atom is -0.475 e. The topological polar surface area (TPSA) is 197 Å². The number of aliphatic imine (C=N–C) groups is 1. The molecule has 260 valence electrons. The lowest BCUT2D eigenvalue weighted by atomic mass is 10.1. The number of ether oxygens (including phenoxy) is 1. The molecule has 2 saturated heterocycles. The van der Waals surface area contributed by atoms with E-state index in [0.29, 0.717) is 81.0 Å². The van der Waals surface area contributed by atoms with Crippen LogP contribution < -0.4 is 31.0 Å². The van der Waals surface area contributed by atoms with Crippen LogP contribution in [0.2, 0.25) is 0 Å². The molecule has 3 aromatic heterocycles. The summed E-state index contributed by atoms with van der Waals surface area (Å²) in [6, 6.07) is 6.83. The van der Waals surface area contributed by atoms with Crippen LogP contribution in [0.1, 0.15) is 43.3 Å². The van der Waals surface area contributed by atoms with Gasteiger partial charge in [-0.25, -0.2) is 15.0 Å². The lowest BCUT2D eigenvalue weighted by molar-refractivity contribution is -0.414. The van der Waals surface area contributed by atoms with E-state index in [4.69, 9.17) is 21.6 Å². The van der Waals surface area contributed by atoms with Gasteiger partial charge in [-0.05, 0) is 56.9 Å². The fourth-order valence-corrected chi connectivity index (χ4v) is 6.66. The average molecular weight is 690 g/mol. The van der Waals surface area contributed by atoms with Gasteiger partial charge in [0.25, 0.3) is 12.2 Å². The van der Waals surface area contributed by atoms with Crippen molar-refractivity contribution >= 4 is 57.7 Å². The van der Waals surface area contributed by atoms with E-state index in [-0.39, 0.29) is 41.8 Å². The van der Waals surface area contributed by atoms with Gasteiger partial charge < -0.3 is 26.0 Å². The van der Waals surface area contributed by atoms with Crippen molar-refractivity contribution in [3.05, 3.63) is 52.8 Å². The second-order valence-electron chi connectivity index (χ2n) is 12.1. The largest absolute Gasteiger partial charge is 0.475 e. The van der Waals surface area contributed by atoms with Crippen LogP contribution in [0.5, 0.6) is 5.88 Å². The smallest absolute Gasteiger partial charge is 0.281 e. The van der Waals surface area contributed by atoms with Crippen molar-refractivity contribution in [3.63, 3.8) is 0 Å². The van der Waals surface area contributed by atoms with Crippen molar-refractivity contribution in [2.75, 3.05) is 74.9 Å². The molecule has 0 aromatic carbocycles. The first-order valence-electron chi connectivity index (χ1n) is 16.4. The molecular weight excluding hydrogens is 645 g/mol. The van der Waals surface area contributed by atoms with E-state index >= 15 is 0 Å². The summed E-state index contributed by atoms with van der Waals surface area (Å²) in [6.45, 7) is 10.1. The van der Waals surface area contributed by atoms with Gasteiger partial charge in [0.05, 0.1) is 43.2 Å². The predicted octanol–water partition coefficient (Wildman–Crippen LogP) is 0.186. The number of rotatable bonds is 12. The van der Waals surface area contributed by atoms with E-state index < -0.39 is 0 Å². The molecule has 49 heavy (non-hydrogen) atoms. The molecule has 5 rings (SSSR count). The van der Waals surface area contributed by atoms with E-state index in [2.05, 4.69) is 34.7 Å². The molecule has 0 saturated carbocycles. The first kappa shape index (κ1) is 35.3. The highest BCUT2D eigenvalue weighted by molar-refractivity contribution is 7.17. The Bertz CT molecular complexity index is 1700. The molecule has 2 aliphatic rings. The summed E-state index contributed by atoms with van der Waals surface area (Å²) in [5.74, 6) is 1.03. The summed E-state index contributed by atoms with van der Waals surface area (Å²) in [4.78, 5) is 56.0. The summed E-state index contributed by atoms with van der Waals surface area (Å²) in [5, 5.41) is 9.63. The molecule has 5 heterocycles. The summed E-state index contributed by atoms with van der Waals surface area (Å²) in [6.07, 6.45) is 5.44. The Morgan fingerprint density at radius 2 is 1.94 bits per heavy atom. The normalized spacial score (nSPS) is 17.2. The zero-order chi connectivity index (χ0) is 35.1. The van der Waals surface area contributed by atoms with Crippen molar-refractivity contribution in [3.8, 4) is 5.88 Å². The third-order valence-electron chi connectivity index (χ3n) is 8.35. The number of pyridine rings is 2. The number of aromatic nitrogens is 3. The number of anilines is 3. The highest BCUT2D eigenvalue weighted by atomic mass is 32.1. The Morgan fingerprint density at radius 1 is 1.16 bits per heavy atom. The van der Waals surface area contributed by atoms with Crippen LogP contribution in [0.3, 0.4) is 0 Å². The van der Waals surface area contributed by atoms with Gasteiger partial charge in [0.1, 0.15) is 16.4 Å². The second kappa shape index (κ2) is 16.0. The Morgan fingerprint density at radius 3 is 2.61 bits per heavy atom. The molecule has 0 bridgehead atoms. The number of likely N-dealkylation sites (tertiary alicyclic amines) is 1. The van der Waals surface area contributed by atoms with Crippen LogP contribution in [-0.4, -0.2) is 120 Å². The van der Waals surface area contributed by atoms with Crippen molar-refractivity contribution in [1.29, 1.82) is 5.41 Å². The van der Waals surface area contributed by atoms with Crippen LogP contribution >= 0.6 is 11.3 Å². The minimum absolute atomic E-state index is 0.0164. The first-order valence-corrected chi connectivity index (χ1v) is 17.2. The Kier molecular flexibility index (Phi) is 11.5. The van der Waals surface area contributed by atoms with E-state index in [1.165, 1.54) is 17.7 Å². The van der Waals surface area contributed by atoms with E-state index in [0.717, 1.165) is 10.0 Å². The molecule has 0 unspecified atom stereocenters. The number of amides is 2. The molecule has 3 aromatic rings. The summed E-state index contributed by atoms with van der Waals surface area (Å²) < 4.78 is 5.61. The maximum Gasteiger partial charge on any atom is 0.281 e. The number of hydrogen-bond acceptors (Lipinski definition) is 11. The molecule has 2 amide bonds. The summed E-state index contributed by atoms with van der Waals surface area (Å²) in [5.41, 5.74) is 13.5. The van der Waals surface area contributed by atoms with E-state index in [1.54, 1.807) is 48.6 Å². The molecule has 6 N–H and O–H groups in total. The number of thiazole rings is 1. The number of nitrogen functional groups attached to an aromatic ring is 1. The Hall–Kier alpha value is -4.96. The van der Waals surface area contributed by atoms with Crippen LogP contribution in [0.25, 0.3) is 0 Å². The first-order chi connectivity index (χ1) is 23.6. The number of nitrogens with two attached hydrogens (primary N) is 2. The maximum absolute atomic E-state index is 13.8. The molecule has 2 aliphatic heterocycles. The number of carbonyl (C=O) groups is 2. The summed E-state index contributed by atoms with van der Waals surface area (Å²) in [7, 11) is 1.76. The fraction of sp³-hybridized carbons (Fsp3) is 0.455. The monoisotopic (exact) mass is 689 g/mol. The van der Waals surface area contributed by atoms with Gasteiger partial charge in [0, 0.05) is 57.1 Å². The number of carbonyl (C=O) groups excluding carboxylic acids is 2. The van der Waals surface area contributed by atoms with E-state index in [9.17, 15) is 9.59 Å². The number of amidine groups is 1. The molecule has 0 aliphatic carbocycles. The van der Waals surface area contributed by atoms with Crippen LogP contribution in [0.15, 0.2) is 41.7 Å². The Labute approximate surface area is 290 Å². The Balaban J connectivity index is 1.15. The molecule has 2 fully saturated rings. The van der Waals surface area contributed by atoms with Crippen LogP contribution in [0.4, 0.5) is 16.6 Å². The van der Waals surface area contributed by atoms with Crippen LogP contribution in [0, 0.1) is 11.3 Å².